The fraction of sp³-hybridized carbons (Fsp3) is 0.250. The van der Waals surface area contributed by atoms with Gasteiger partial charge in [-0.3, -0.25) is 14.9 Å². The first-order valence-corrected chi connectivity index (χ1v) is 6.97. The van der Waals surface area contributed by atoms with E-state index < -0.39 is 4.92 Å². The van der Waals surface area contributed by atoms with Crippen LogP contribution < -0.4 is 5.56 Å². The summed E-state index contributed by atoms with van der Waals surface area (Å²) in [5, 5.41) is 19.9. The molecule has 2 rings (SSSR count). The number of hydrogen-bond acceptors (Lipinski definition) is 4. The lowest BCUT2D eigenvalue weighted by Gasteiger charge is -2.13. The third-order valence-corrected chi connectivity index (χ3v) is 3.38. The number of nitrogens with zero attached hydrogens (tertiary/aromatic N) is 3. The second-order valence-electron chi connectivity index (χ2n) is 4.86. The van der Waals surface area contributed by atoms with Gasteiger partial charge in [0.15, 0.2) is 0 Å². The number of unbranched alkanes of at least 4 members (excludes halogenated alkanes) is 1. The summed E-state index contributed by atoms with van der Waals surface area (Å²) in [5.74, 6) is 0. The molecule has 0 amide bonds. The van der Waals surface area contributed by atoms with Crippen LogP contribution in [-0.4, -0.2) is 9.49 Å². The van der Waals surface area contributed by atoms with Crippen LogP contribution in [0.1, 0.15) is 25.3 Å². The van der Waals surface area contributed by atoms with Crippen LogP contribution in [0.15, 0.2) is 41.2 Å². The monoisotopic (exact) mass is 297 g/mol. The van der Waals surface area contributed by atoms with Gasteiger partial charge in [-0.05, 0) is 18.6 Å². The van der Waals surface area contributed by atoms with Crippen LogP contribution >= 0.6 is 0 Å². The number of rotatable bonds is 5. The molecule has 0 saturated carbocycles. The van der Waals surface area contributed by atoms with E-state index in [0.717, 1.165) is 12.8 Å². The summed E-state index contributed by atoms with van der Waals surface area (Å²) in [5.41, 5.74) is 0.856. The van der Waals surface area contributed by atoms with Crippen LogP contribution in [0.25, 0.3) is 11.3 Å². The van der Waals surface area contributed by atoms with Gasteiger partial charge >= 0.3 is 0 Å². The highest BCUT2D eigenvalue weighted by atomic mass is 16.6. The van der Waals surface area contributed by atoms with Crippen molar-refractivity contribution in [1.29, 1.82) is 5.26 Å². The molecule has 112 valence electrons. The summed E-state index contributed by atoms with van der Waals surface area (Å²) >= 11 is 0. The molecule has 0 radical (unpaired) electrons. The highest BCUT2D eigenvalue weighted by Crippen LogP contribution is 2.23. The number of nitro groups is 1. The van der Waals surface area contributed by atoms with E-state index in [1.54, 1.807) is 18.2 Å². The van der Waals surface area contributed by atoms with Crippen LogP contribution in [0.4, 0.5) is 5.69 Å². The zero-order valence-electron chi connectivity index (χ0n) is 12.2. The van der Waals surface area contributed by atoms with Crippen LogP contribution in [0.2, 0.25) is 0 Å². The number of nitro benzene ring substituents is 1. The van der Waals surface area contributed by atoms with Crippen molar-refractivity contribution in [2.75, 3.05) is 0 Å². The van der Waals surface area contributed by atoms with Gasteiger partial charge in [-0.1, -0.05) is 25.5 Å². The van der Waals surface area contributed by atoms with Crippen molar-refractivity contribution < 1.29 is 4.92 Å². The fourth-order valence-electron chi connectivity index (χ4n) is 2.23. The topological polar surface area (TPSA) is 88.9 Å². The van der Waals surface area contributed by atoms with E-state index in [0.29, 0.717) is 17.8 Å². The second-order valence-corrected chi connectivity index (χ2v) is 4.86. The van der Waals surface area contributed by atoms with E-state index in [2.05, 4.69) is 0 Å². The van der Waals surface area contributed by atoms with Gasteiger partial charge in [0.25, 0.3) is 11.2 Å². The van der Waals surface area contributed by atoms with Crippen LogP contribution in [-0.2, 0) is 6.54 Å². The van der Waals surface area contributed by atoms with E-state index in [1.807, 2.05) is 13.0 Å². The Morgan fingerprint density at radius 1 is 1.32 bits per heavy atom. The van der Waals surface area contributed by atoms with E-state index in [9.17, 15) is 14.9 Å². The average molecular weight is 297 g/mol. The third-order valence-electron chi connectivity index (χ3n) is 3.38. The van der Waals surface area contributed by atoms with Crippen LogP contribution in [0.5, 0.6) is 0 Å². The Kier molecular flexibility index (Phi) is 4.69. The Labute approximate surface area is 127 Å². The van der Waals surface area contributed by atoms with Gasteiger partial charge in [0.1, 0.15) is 11.6 Å². The maximum atomic E-state index is 12.3. The number of nitriles is 1. The molecule has 2 aromatic rings. The van der Waals surface area contributed by atoms with E-state index in [1.165, 1.54) is 22.8 Å². The largest absolute Gasteiger partial charge is 0.307 e. The molecule has 0 spiro atoms. The molecule has 0 aliphatic rings. The minimum absolute atomic E-state index is 0.0312. The smallest absolute Gasteiger partial charge is 0.270 e. The summed E-state index contributed by atoms with van der Waals surface area (Å²) in [4.78, 5) is 22.8. The molecule has 0 bridgehead atoms. The molecule has 22 heavy (non-hydrogen) atoms. The van der Waals surface area contributed by atoms with Gasteiger partial charge in [0.2, 0.25) is 0 Å². The third kappa shape index (κ3) is 3.04. The molecule has 0 aliphatic heterocycles. The fourth-order valence-corrected chi connectivity index (χ4v) is 2.23. The van der Waals surface area contributed by atoms with Crippen LogP contribution in [0, 0.1) is 21.4 Å². The van der Waals surface area contributed by atoms with Crippen molar-refractivity contribution in [2.45, 2.75) is 26.3 Å². The van der Waals surface area contributed by atoms with E-state index in [4.69, 9.17) is 5.26 Å². The molecule has 0 atom stereocenters. The minimum atomic E-state index is -0.471. The second kappa shape index (κ2) is 6.68. The summed E-state index contributed by atoms with van der Waals surface area (Å²) in [7, 11) is 0. The maximum Gasteiger partial charge on any atom is 0.270 e. The number of aromatic nitrogens is 1. The lowest BCUT2D eigenvalue weighted by atomic mass is 10.1. The SMILES string of the molecule is CCCCn1c(-c2cccc([N+](=O)[O-])c2)ccc(C#N)c1=O. The molecule has 6 nitrogen and oxygen atoms in total. The molecule has 0 aliphatic carbocycles. The van der Waals surface area contributed by atoms with E-state index in [-0.39, 0.29) is 16.8 Å². The minimum Gasteiger partial charge on any atom is -0.307 e. The zero-order valence-corrected chi connectivity index (χ0v) is 12.2. The predicted octanol–water partition coefficient (Wildman–Crippen LogP) is 3.10. The van der Waals surface area contributed by atoms with Gasteiger partial charge in [-0.25, -0.2) is 0 Å². The van der Waals surface area contributed by atoms with Gasteiger partial charge in [0, 0.05) is 24.2 Å². The molecule has 0 unspecified atom stereocenters. The molecule has 0 fully saturated rings. The number of hydrogen-bond donors (Lipinski definition) is 0. The lowest BCUT2D eigenvalue weighted by Crippen LogP contribution is -2.24. The van der Waals surface area contributed by atoms with Crippen molar-refractivity contribution in [3.05, 3.63) is 62.4 Å². The average Bonchev–Trinajstić information content (AvgIpc) is 2.53. The number of non-ortho nitro benzene ring substituents is 1. The van der Waals surface area contributed by atoms with Crippen molar-refractivity contribution in [1.82, 2.24) is 4.57 Å². The van der Waals surface area contributed by atoms with Crippen molar-refractivity contribution in [3.63, 3.8) is 0 Å². The Morgan fingerprint density at radius 3 is 2.73 bits per heavy atom. The molecule has 1 aromatic heterocycles. The normalized spacial score (nSPS) is 10.2. The molecular weight excluding hydrogens is 282 g/mol. The van der Waals surface area contributed by atoms with Gasteiger partial charge in [-0.2, -0.15) is 5.26 Å². The predicted molar refractivity (Wildman–Crippen MR) is 82.4 cm³/mol. The van der Waals surface area contributed by atoms with Crippen LogP contribution in [0.3, 0.4) is 0 Å². The molecule has 6 heteroatoms. The van der Waals surface area contributed by atoms with Gasteiger partial charge < -0.3 is 4.57 Å². The first-order valence-electron chi connectivity index (χ1n) is 6.97. The van der Waals surface area contributed by atoms with Gasteiger partial charge in [-0.15, -0.1) is 0 Å². The molecular formula is C16H15N3O3. The Morgan fingerprint density at radius 2 is 2.09 bits per heavy atom. The summed E-state index contributed by atoms with van der Waals surface area (Å²) in [6.45, 7) is 2.48. The highest BCUT2D eigenvalue weighted by Gasteiger charge is 2.13. The molecule has 1 heterocycles. The molecule has 1 aromatic carbocycles. The molecule has 0 saturated heterocycles. The van der Waals surface area contributed by atoms with Crippen molar-refractivity contribution >= 4 is 5.69 Å². The van der Waals surface area contributed by atoms with Gasteiger partial charge in [0.05, 0.1) is 10.6 Å². The maximum absolute atomic E-state index is 12.3. The number of benzene rings is 1. The Balaban J connectivity index is 2.62. The first kappa shape index (κ1) is 15.4. The summed E-state index contributed by atoms with van der Waals surface area (Å²) in [6, 6.07) is 11.1. The quantitative estimate of drug-likeness (QED) is 0.626. The van der Waals surface area contributed by atoms with E-state index >= 15 is 0 Å². The highest BCUT2D eigenvalue weighted by molar-refractivity contribution is 5.63. The van der Waals surface area contributed by atoms with Crippen molar-refractivity contribution in [2.24, 2.45) is 0 Å². The molecule has 0 N–H and O–H groups in total. The number of pyridine rings is 1. The Bertz CT molecular complexity index is 803. The van der Waals surface area contributed by atoms with Crippen molar-refractivity contribution in [3.8, 4) is 17.3 Å². The summed E-state index contributed by atoms with van der Waals surface area (Å²) in [6.07, 6.45) is 1.69. The zero-order chi connectivity index (χ0) is 16.1. The standard InChI is InChI=1S/C16H15N3O3/c1-2-3-9-18-15(8-7-13(11-17)16(18)20)12-5-4-6-14(10-12)19(21)22/h4-8,10H,2-3,9H2,1H3. The summed E-state index contributed by atoms with van der Waals surface area (Å²) < 4.78 is 1.51. The first-order chi connectivity index (χ1) is 10.6. The Hall–Kier alpha value is -2.94. The lowest BCUT2D eigenvalue weighted by molar-refractivity contribution is -0.384.